The topological polar surface area (TPSA) is 85.8 Å². The van der Waals surface area contributed by atoms with Gasteiger partial charge >= 0.3 is 5.97 Å². The fourth-order valence-electron chi connectivity index (χ4n) is 2.43. The molecule has 0 fully saturated rings. The fraction of sp³-hybridized carbons (Fsp3) is 0. The zero-order valence-corrected chi connectivity index (χ0v) is 11.9. The molecule has 4 aromatic rings. The zero-order chi connectivity index (χ0) is 15.8. The van der Waals surface area contributed by atoms with Gasteiger partial charge in [0.1, 0.15) is 5.56 Å². The lowest BCUT2D eigenvalue weighted by molar-refractivity contribution is 0.0697. The summed E-state index contributed by atoms with van der Waals surface area (Å²) in [6.45, 7) is 0. The summed E-state index contributed by atoms with van der Waals surface area (Å²) in [6, 6.07) is 11.1. The van der Waals surface area contributed by atoms with E-state index >= 15 is 0 Å². The Bertz CT molecular complexity index is 1000. The Morgan fingerprint density at radius 2 is 1.74 bits per heavy atom. The number of carboxylic acid groups (broad SMARTS) is 1. The zero-order valence-electron chi connectivity index (χ0n) is 11.9. The fourth-order valence-corrected chi connectivity index (χ4v) is 2.43. The number of nitrogens with zero attached hydrogens (tertiary/aromatic N) is 5. The van der Waals surface area contributed by atoms with Gasteiger partial charge in [0.05, 0.1) is 23.4 Å². The van der Waals surface area contributed by atoms with Crippen LogP contribution < -0.4 is 0 Å². The van der Waals surface area contributed by atoms with E-state index in [0.717, 1.165) is 11.0 Å². The molecule has 0 aliphatic rings. The highest BCUT2D eigenvalue weighted by atomic mass is 16.4. The van der Waals surface area contributed by atoms with Crippen LogP contribution in [0.1, 0.15) is 10.4 Å². The Balaban J connectivity index is 1.96. The number of carboxylic acids is 1. The molecule has 0 saturated heterocycles. The van der Waals surface area contributed by atoms with E-state index in [-0.39, 0.29) is 5.56 Å². The van der Waals surface area contributed by atoms with Crippen molar-refractivity contribution in [1.29, 1.82) is 0 Å². The summed E-state index contributed by atoms with van der Waals surface area (Å²) < 4.78 is 3.16. The quantitative estimate of drug-likeness (QED) is 0.627. The number of para-hydroxylation sites is 2. The molecular formula is C16H11N5O2. The molecule has 0 spiro atoms. The Kier molecular flexibility index (Phi) is 2.90. The van der Waals surface area contributed by atoms with E-state index in [9.17, 15) is 9.90 Å². The average molecular weight is 305 g/mol. The van der Waals surface area contributed by atoms with Gasteiger partial charge in [-0.05, 0) is 24.3 Å². The molecule has 7 nitrogen and oxygen atoms in total. The molecule has 0 aliphatic heterocycles. The normalized spacial score (nSPS) is 11.0. The number of carbonyl (C=O) groups is 1. The van der Waals surface area contributed by atoms with Crippen molar-refractivity contribution in [1.82, 2.24) is 24.3 Å². The van der Waals surface area contributed by atoms with Crippen LogP contribution in [0.4, 0.5) is 0 Å². The molecule has 4 rings (SSSR count). The predicted octanol–water partition coefficient (Wildman–Crippen LogP) is 2.30. The first-order valence-corrected chi connectivity index (χ1v) is 6.91. The van der Waals surface area contributed by atoms with Crippen LogP contribution in [-0.4, -0.2) is 35.4 Å². The van der Waals surface area contributed by atoms with Crippen molar-refractivity contribution in [2.24, 2.45) is 0 Å². The van der Waals surface area contributed by atoms with E-state index in [1.807, 2.05) is 36.4 Å². The molecule has 1 N–H and O–H groups in total. The van der Waals surface area contributed by atoms with Crippen LogP contribution in [0.15, 0.2) is 61.2 Å². The third-order valence-corrected chi connectivity index (χ3v) is 3.48. The van der Waals surface area contributed by atoms with Gasteiger partial charge in [0.15, 0.2) is 11.6 Å². The maximum absolute atomic E-state index is 11.5. The summed E-state index contributed by atoms with van der Waals surface area (Å²) in [6.07, 6.45) is 6.41. The van der Waals surface area contributed by atoms with Gasteiger partial charge in [0, 0.05) is 12.4 Å². The van der Waals surface area contributed by atoms with E-state index in [1.165, 1.54) is 10.9 Å². The van der Waals surface area contributed by atoms with Gasteiger partial charge in [-0.25, -0.2) is 9.78 Å². The minimum Gasteiger partial charge on any atom is -0.477 e. The lowest BCUT2D eigenvalue weighted by atomic mass is 10.3. The van der Waals surface area contributed by atoms with Gasteiger partial charge in [-0.2, -0.15) is 9.78 Å². The Morgan fingerprint density at radius 1 is 1.00 bits per heavy atom. The van der Waals surface area contributed by atoms with Crippen LogP contribution in [0.25, 0.3) is 22.7 Å². The van der Waals surface area contributed by atoms with Crippen molar-refractivity contribution < 1.29 is 9.90 Å². The molecule has 0 amide bonds. The number of rotatable bonds is 3. The largest absolute Gasteiger partial charge is 0.477 e. The molecule has 0 saturated carbocycles. The molecule has 0 radical (unpaired) electrons. The van der Waals surface area contributed by atoms with Crippen LogP contribution in [-0.2, 0) is 0 Å². The summed E-state index contributed by atoms with van der Waals surface area (Å²) >= 11 is 0. The number of aromatic carboxylic acids is 1. The molecular weight excluding hydrogens is 294 g/mol. The highest BCUT2D eigenvalue weighted by Crippen LogP contribution is 2.19. The Morgan fingerprint density at radius 3 is 2.48 bits per heavy atom. The monoisotopic (exact) mass is 305 g/mol. The van der Waals surface area contributed by atoms with Crippen molar-refractivity contribution in [2.75, 3.05) is 0 Å². The van der Waals surface area contributed by atoms with Gasteiger partial charge in [0.25, 0.3) is 0 Å². The van der Waals surface area contributed by atoms with Gasteiger partial charge in [-0.1, -0.05) is 12.1 Å². The first-order valence-electron chi connectivity index (χ1n) is 6.91. The first-order chi connectivity index (χ1) is 11.2. The summed E-state index contributed by atoms with van der Waals surface area (Å²) in [5.41, 5.74) is 1.58. The third-order valence-electron chi connectivity index (χ3n) is 3.48. The van der Waals surface area contributed by atoms with Crippen LogP contribution in [0, 0.1) is 0 Å². The van der Waals surface area contributed by atoms with Gasteiger partial charge in [-0.15, -0.1) is 0 Å². The predicted molar refractivity (Wildman–Crippen MR) is 82.9 cm³/mol. The summed E-state index contributed by atoms with van der Waals surface area (Å²) in [7, 11) is 0. The van der Waals surface area contributed by atoms with Gasteiger partial charge in [0.2, 0.25) is 0 Å². The van der Waals surface area contributed by atoms with E-state index in [0.29, 0.717) is 11.6 Å². The van der Waals surface area contributed by atoms with E-state index in [4.69, 9.17) is 0 Å². The second-order valence-corrected chi connectivity index (χ2v) is 4.91. The summed E-state index contributed by atoms with van der Waals surface area (Å²) in [5.74, 6) is -0.180. The number of hydrogen-bond donors (Lipinski definition) is 1. The van der Waals surface area contributed by atoms with Gasteiger partial charge in [-0.3, -0.25) is 4.98 Å². The molecule has 23 heavy (non-hydrogen) atoms. The van der Waals surface area contributed by atoms with Crippen LogP contribution in [0.5, 0.6) is 0 Å². The lowest BCUT2D eigenvalue weighted by Crippen LogP contribution is -2.10. The van der Waals surface area contributed by atoms with Crippen molar-refractivity contribution in [3.63, 3.8) is 0 Å². The molecule has 0 aliphatic carbocycles. The highest BCUT2D eigenvalue weighted by Gasteiger charge is 2.20. The number of benzene rings is 1. The molecule has 0 unspecified atom stereocenters. The van der Waals surface area contributed by atoms with Crippen molar-refractivity contribution in [3.05, 3.63) is 66.7 Å². The summed E-state index contributed by atoms with van der Waals surface area (Å²) in [5, 5.41) is 13.6. The van der Waals surface area contributed by atoms with E-state index in [2.05, 4.69) is 15.1 Å². The van der Waals surface area contributed by atoms with Crippen LogP contribution in [0.2, 0.25) is 0 Å². The van der Waals surface area contributed by atoms with Crippen LogP contribution in [0.3, 0.4) is 0 Å². The van der Waals surface area contributed by atoms with Crippen molar-refractivity contribution >= 4 is 17.0 Å². The summed E-state index contributed by atoms with van der Waals surface area (Å²) in [4.78, 5) is 20.3. The minimum atomic E-state index is -1.05. The number of fused-ring (bicyclic) bond motifs is 1. The molecule has 3 aromatic heterocycles. The van der Waals surface area contributed by atoms with Gasteiger partial charge < -0.3 is 9.67 Å². The Labute approximate surface area is 130 Å². The molecule has 0 bridgehead atoms. The van der Waals surface area contributed by atoms with E-state index in [1.54, 1.807) is 23.2 Å². The van der Waals surface area contributed by atoms with E-state index < -0.39 is 5.97 Å². The second-order valence-electron chi connectivity index (χ2n) is 4.91. The Hall–Kier alpha value is -3.48. The first kappa shape index (κ1) is 13.2. The smallest absolute Gasteiger partial charge is 0.341 e. The number of aromatic nitrogens is 5. The highest BCUT2D eigenvalue weighted by molar-refractivity contribution is 5.91. The molecule has 0 atom stereocenters. The molecule has 1 aromatic carbocycles. The standard InChI is InChI=1S/C16H11N5O2/c22-16(23)11-9-18-21(15(11)20-7-3-4-8-20)14-10-17-12-5-1-2-6-13(12)19-14/h1-10H,(H,22,23). The van der Waals surface area contributed by atoms with Crippen molar-refractivity contribution in [3.8, 4) is 11.6 Å². The molecule has 7 heteroatoms. The average Bonchev–Trinajstić information content (AvgIpc) is 3.23. The number of hydrogen-bond acceptors (Lipinski definition) is 4. The third kappa shape index (κ3) is 2.15. The minimum absolute atomic E-state index is 0.0937. The maximum atomic E-state index is 11.5. The SMILES string of the molecule is O=C(O)c1cnn(-c2cnc3ccccc3n2)c1-n1cccc1. The van der Waals surface area contributed by atoms with Crippen molar-refractivity contribution in [2.45, 2.75) is 0 Å². The van der Waals surface area contributed by atoms with Crippen LogP contribution >= 0.6 is 0 Å². The molecule has 112 valence electrons. The molecule has 3 heterocycles. The lowest BCUT2D eigenvalue weighted by Gasteiger charge is -2.09. The second kappa shape index (κ2) is 5.06. The maximum Gasteiger partial charge on any atom is 0.341 e.